The highest BCUT2D eigenvalue weighted by atomic mass is 16.5. The fourth-order valence-electron chi connectivity index (χ4n) is 3.80. The number of pyridine rings is 2. The first-order chi connectivity index (χ1) is 14.5. The van der Waals surface area contributed by atoms with Crippen molar-refractivity contribution in [3.63, 3.8) is 0 Å². The van der Waals surface area contributed by atoms with Crippen LogP contribution in [0, 0.1) is 0 Å². The van der Waals surface area contributed by atoms with Gasteiger partial charge in [-0.05, 0) is 23.8 Å². The van der Waals surface area contributed by atoms with Gasteiger partial charge in [0, 0.05) is 46.6 Å². The zero-order valence-corrected chi connectivity index (χ0v) is 17.6. The molecule has 0 saturated carbocycles. The molecule has 4 heterocycles. The minimum absolute atomic E-state index is 0.182. The van der Waals surface area contributed by atoms with Crippen molar-refractivity contribution in [1.82, 2.24) is 19.7 Å². The van der Waals surface area contributed by atoms with Gasteiger partial charge in [-0.25, -0.2) is 9.97 Å². The molecule has 9 heteroatoms. The van der Waals surface area contributed by atoms with Crippen molar-refractivity contribution in [3.05, 3.63) is 35.7 Å². The van der Waals surface area contributed by atoms with E-state index in [0.717, 1.165) is 28.6 Å². The molecule has 1 aliphatic heterocycles. The monoisotopic (exact) mass is 411 g/mol. The van der Waals surface area contributed by atoms with Crippen molar-refractivity contribution in [2.45, 2.75) is 25.6 Å². The summed E-state index contributed by atoms with van der Waals surface area (Å²) >= 11 is 0. The molecule has 3 aromatic rings. The lowest BCUT2D eigenvalue weighted by atomic mass is 9.95. The summed E-state index contributed by atoms with van der Waals surface area (Å²) < 4.78 is 18.6. The minimum Gasteiger partial charge on any atom is -0.380 e. The van der Waals surface area contributed by atoms with E-state index in [1.807, 2.05) is 25.2 Å². The number of nitrogens with zero attached hydrogens (tertiary/aromatic N) is 4. The molecule has 1 aliphatic rings. The molecular formula is C21H25N5O4. The maximum absolute atomic E-state index is 11.5. The third-order valence-corrected chi connectivity index (χ3v) is 5.32. The summed E-state index contributed by atoms with van der Waals surface area (Å²) in [4.78, 5) is 20.7. The summed E-state index contributed by atoms with van der Waals surface area (Å²) in [6.07, 6.45) is 2.42. The number of anilines is 1. The van der Waals surface area contributed by atoms with Crippen molar-refractivity contribution >= 4 is 22.6 Å². The first-order valence-corrected chi connectivity index (χ1v) is 9.70. The quantitative estimate of drug-likeness (QED) is 0.665. The fourth-order valence-corrected chi connectivity index (χ4v) is 3.80. The van der Waals surface area contributed by atoms with E-state index in [2.05, 4.69) is 15.4 Å². The second-order valence-corrected chi connectivity index (χ2v) is 7.42. The van der Waals surface area contributed by atoms with Crippen molar-refractivity contribution < 1.29 is 19.0 Å². The zero-order valence-electron chi connectivity index (χ0n) is 17.6. The molecule has 1 fully saturated rings. The van der Waals surface area contributed by atoms with Crippen LogP contribution in [0.15, 0.2) is 24.4 Å². The fraction of sp³-hybridized carbons (Fsp3) is 0.429. The molecule has 1 N–H and O–H groups in total. The Kier molecular flexibility index (Phi) is 5.50. The van der Waals surface area contributed by atoms with E-state index in [1.54, 1.807) is 25.1 Å². The topological polar surface area (TPSA) is 100 Å². The Labute approximate surface area is 174 Å². The van der Waals surface area contributed by atoms with E-state index < -0.39 is 5.60 Å². The lowest BCUT2D eigenvalue weighted by Gasteiger charge is -2.26. The maximum atomic E-state index is 11.5. The van der Waals surface area contributed by atoms with Crippen LogP contribution in [-0.4, -0.2) is 53.1 Å². The van der Waals surface area contributed by atoms with Gasteiger partial charge in [-0.15, -0.1) is 0 Å². The van der Waals surface area contributed by atoms with Gasteiger partial charge in [0.2, 0.25) is 5.91 Å². The largest absolute Gasteiger partial charge is 0.380 e. The molecule has 0 aliphatic carbocycles. The summed E-state index contributed by atoms with van der Waals surface area (Å²) in [6.45, 7) is 2.96. The van der Waals surface area contributed by atoms with Crippen LogP contribution in [-0.2, 0) is 38.3 Å². The van der Waals surface area contributed by atoms with Crippen LogP contribution in [0.25, 0.3) is 22.3 Å². The maximum Gasteiger partial charge on any atom is 0.222 e. The Morgan fingerprint density at radius 2 is 2.17 bits per heavy atom. The number of ether oxygens (including phenoxy) is 3. The van der Waals surface area contributed by atoms with E-state index in [9.17, 15) is 4.79 Å². The molecule has 9 nitrogen and oxygen atoms in total. The summed E-state index contributed by atoms with van der Waals surface area (Å²) in [5.41, 5.74) is 3.41. The molecular weight excluding hydrogens is 386 g/mol. The number of rotatable bonds is 6. The molecule has 4 rings (SSSR count). The molecule has 1 amide bonds. The van der Waals surface area contributed by atoms with Gasteiger partial charge in [-0.2, -0.15) is 5.10 Å². The number of amides is 1. The lowest BCUT2D eigenvalue weighted by molar-refractivity contribution is -0.114. The van der Waals surface area contributed by atoms with Crippen LogP contribution in [0.2, 0.25) is 0 Å². The van der Waals surface area contributed by atoms with Gasteiger partial charge in [-0.3, -0.25) is 9.48 Å². The third kappa shape index (κ3) is 3.67. The number of aromatic nitrogens is 4. The first-order valence-electron chi connectivity index (χ1n) is 9.70. The van der Waals surface area contributed by atoms with Crippen molar-refractivity contribution in [3.8, 4) is 11.4 Å². The Morgan fingerprint density at radius 1 is 1.33 bits per heavy atom. The second kappa shape index (κ2) is 8.10. The average molecular weight is 411 g/mol. The van der Waals surface area contributed by atoms with Gasteiger partial charge in [0.15, 0.2) is 0 Å². The number of methoxy groups -OCH3 is 2. The molecule has 0 aromatic carbocycles. The average Bonchev–Trinajstić information content (AvgIpc) is 3.33. The van der Waals surface area contributed by atoms with Crippen LogP contribution in [0.1, 0.15) is 24.6 Å². The van der Waals surface area contributed by atoms with Crippen molar-refractivity contribution in [1.29, 1.82) is 0 Å². The first kappa shape index (κ1) is 20.4. The summed E-state index contributed by atoms with van der Waals surface area (Å²) in [5, 5.41) is 8.26. The van der Waals surface area contributed by atoms with E-state index in [1.165, 1.54) is 6.92 Å². The Balaban J connectivity index is 1.89. The standard InChI is InChI=1S/C21H25N5O4/c1-13(27)23-19-9-15-17(10-22-19)26(2)25-20(15)16-7-14(11-28-3)8-18(24-16)21(29-4)5-6-30-12-21/h7-10H,5-6,11-12H2,1-4H3,(H,22,23,27)/t21-/m0/s1. The summed E-state index contributed by atoms with van der Waals surface area (Å²) in [6, 6.07) is 5.78. The van der Waals surface area contributed by atoms with Gasteiger partial charge in [-0.1, -0.05) is 0 Å². The Bertz CT molecular complexity index is 1090. The number of carbonyl (C=O) groups excluding carboxylic acids is 1. The molecule has 1 saturated heterocycles. The number of aryl methyl sites for hydroxylation is 1. The number of carbonyl (C=O) groups is 1. The number of hydrogen-bond acceptors (Lipinski definition) is 7. The number of nitrogens with one attached hydrogen (secondary N) is 1. The molecule has 158 valence electrons. The third-order valence-electron chi connectivity index (χ3n) is 5.32. The van der Waals surface area contributed by atoms with E-state index in [4.69, 9.17) is 19.2 Å². The normalized spacial score (nSPS) is 18.8. The van der Waals surface area contributed by atoms with Crippen LogP contribution in [0.5, 0.6) is 0 Å². The molecule has 3 aromatic heterocycles. The highest BCUT2D eigenvalue weighted by molar-refractivity contribution is 5.96. The predicted molar refractivity (Wildman–Crippen MR) is 111 cm³/mol. The Morgan fingerprint density at radius 3 is 2.83 bits per heavy atom. The van der Waals surface area contributed by atoms with Crippen LogP contribution < -0.4 is 5.32 Å². The van der Waals surface area contributed by atoms with Gasteiger partial charge < -0.3 is 19.5 Å². The smallest absolute Gasteiger partial charge is 0.222 e. The molecule has 0 spiro atoms. The van der Waals surface area contributed by atoms with E-state index in [0.29, 0.717) is 37.0 Å². The highest BCUT2D eigenvalue weighted by Crippen LogP contribution is 2.36. The molecule has 0 bridgehead atoms. The van der Waals surface area contributed by atoms with Crippen molar-refractivity contribution in [2.75, 3.05) is 32.8 Å². The van der Waals surface area contributed by atoms with Gasteiger partial charge in [0.25, 0.3) is 0 Å². The molecule has 30 heavy (non-hydrogen) atoms. The van der Waals surface area contributed by atoms with Crippen molar-refractivity contribution in [2.24, 2.45) is 7.05 Å². The molecule has 0 radical (unpaired) electrons. The lowest BCUT2D eigenvalue weighted by Crippen LogP contribution is -2.30. The van der Waals surface area contributed by atoms with Crippen LogP contribution >= 0.6 is 0 Å². The predicted octanol–water partition coefficient (Wildman–Crippen LogP) is 2.40. The molecule has 1 atom stereocenters. The number of fused-ring (bicyclic) bond motifs is 1. The van der Waals surface area contributed by atoms with E-state index >= 15 is 0 Å². The van der Waals surface area contributed by atoms with Gasteiger partial charge >= 0.3 is 0 Å². The molecule has 0 unspecified atom stereocenters. The van der Waals surface area contributed by atoms with E-state index in [-0.39, 0.29) is 5.91 Å². The van der Waals surface area contributed by atoms with Gasteiger partial charge in [0.1, 0.15) is 17.1 Å². The summed E-state index contributed by atoms with van der Waals surface area (Å²) in [7, 11) is 5.19. The minimum atomic E-state index is -0.591. The SMILES string of the molecule is COCc1cc(-c2nn(C)c3cnc(NC(C)=O)cc23)nc([C@]2(OC)CCOC2)c1. The summed E-state index contributed by atoms with van der Waals surface area (Å²) in [5.74, 6) is 0.285. The van der Waals surface area contributed by atoms with Gasteiger partial charge in [0.05, 0.1) is 36.3 Å². The zero-order chi connectivity index (χ0) is 21.3. The Hall–Kier alpha value is -2.88. The van der Waals surface area contributed by atoms with Crippen LogP contribution in [0.4, 0.5) is 5.82 Å². The highest BCUT2D eigenvalue weighted by Gasteiger charge is 2.39. The van der Waals surface area contributed by atoms with Crippen LogP contribution in [0.3, 0.4) is 0 Å². The second-order valence-electron chi connectivity index (χ2n) is 7.42. The number of hydrogen-bond donors (Lipinski definition) is 1.